The summed E-state index contributed by atoms with van der Waals surface area (Å²) in [5.41, 5.74) is 0. The van der Waals surface area contributed by atoms with Crippen LogP contribution in [0.4, 0.5) is 0 Å². The number of hydrogen-bond donors (Lipinski definition) is 0. The summed E-state index contributed by atoms with van der Waals surface area (Å²) >= 11 is 0. The van der Waals surface area contributed by atoms with Gasteiger partial charge in [0.2, 0.25) is 0 Å². The van der Waals surface area contributed by atoms with E-state index in [0.717, 1.165) is 0 Å². The van der Waals surface area contributed by atoms with Crippen LogP contribution in [0.25, 0.3) is 0 Å². The summed E-state index contributed by atoms with van der Waals surface area (Å²) < 4.78 is 0. The van der Waals surface area contributed by atoms with Crippen LogP contribution >= 0.6 is 0 Å². The molecule has 6 N–H and O–H groups in total. The molecular formula is H6O3TiW. The Bertz CT molecular complexity index is 6.85. The molecule has 0 aliphatic carbocycles. The second-order valence-electron chi connectivity index (χ2n) is 0. The van der Waals surface area contributed by atoms with Crippen LogP contribution in [0.2, 0.25) is 0 Å². The van der Waals surface area contributed by atoms with E-state index in [2.05, 4.69) is 0 Å². The molecule has 0 aliphatic rings. The maximum absolute atomic E-state index is 0. The van der Waals surface area contributed by atoms with Crippen LogP contribution < -0.4 is 0 Å². The van der Waals surface area contributed by atoms with Gasteiger partial charge in [0.15, 0.2) is 0 Å². The molecule has 0 heterocycles. The quantitative estimate of drug-likeness (QED) is 0.441. The van der Waals surface area contributed by atoms with E-state index < -0.39 is 0 Å². The van der Waals surface area contributed by atoms with Crippen molar-refractivity contribution in [3.63, 3.8) is 0 Å². The predicted molar refractivity (Wildman–Crippen MR) is 10.8 cm³/mol. The molecule has 0 aliphatic heterocycles. The van der Waals surface area contributed by atoms with Crippen molar-refractivity contribution in [2.45, 2.75) is 0 Å². The molecule has 0 saturated heterocycles. The fraction of sp³-hybridized carbons (Fsp3) is 0. The molecule has 0 aromatic heterocycles. The summed E-state index contributed by atoms with van der Waals surface area (Å²) in [6, 6.07) is 0. The second-order valence-corrected chi connectivity index (χ2v) is 0. The van der Waals surface area contributed by atoms with Crippen LogP contribution in [0.3, 0.4) is 0 Å². The van der Waals surface area contributed by atoms with Gasteiger partial charge in [0, 0.05) is 42.8 Å². The molecule has 34 valence electrons. The summed E-state index contributed by atoms with van der Waals surface area (Å²) in [6.07, 6.45) is 0. The molecule has 5 heavy (non-hydrogen) atoms. The normalized spacial score (nSPS) is 0. The predicted octanol–water partition coefficient (Wildman–Crippen LogP) is -2.48. The monoisotopic (exact) mass is 286 g/mol. The summed E-state index contributed by atoms with van der Waals surface area (Å²) in [6.45, 7) is 0. The Morgan fingerprint density at radius 2 is 0.600 bits per heavy atom. The smallest absolute Gasteiger partial charge is 0 e. The Labute approximate surface area is 59.2 Å². The first-order valence-electron chi connectivity index (χ1n) is 0. The Kier molecular flexibility index (Phi) is 1260. The zero-order chi connectivity index (χ0) is 0. The summed E-state index contributed by atoms with van der Waals surface area (Å²) in [5.74, 6) is 0. The van der Waals surface area contributed by atoms with E-state index in [9.17, 15) is 0 Å². The van der Waals surface area contributed by atoms with Crippen molar-refractivity contribution < 1.29 is 59.2 Å². The molecule has 0 fully saturated rings. The van der Waals surface area contributed by atoms with Crippen molar-refractivity contribution in [1.82, 2.24) is 0 Å². The van der Waals surface area contributed by atoms with E-state index in [1.54, 1.807) is 0 Å². The van der Waals surface area contributed by atoms with Crippen LogP contribution in [0, 0.1) is 0 Å². The van der Waals surface area contributed by atoms with Gasteiger partial charge >= 0.3 is 0 Å². The molecule has 0 amide bonds. The Hall–Kier alpha value is 1.28. The van der Waals surface area contributed by atoms with Crippen molar-refractivity contribution in [1.29, 1.82) is 0 Å². The fourth-order valence-electron chi connectivity index (χ4n) is 0. The molecule has 0 saturated carbocycles. The second kappa shape index (κ2) is 58.9. The van der Waals surface area contributed by atoms with Crippen molar-refractivity contribution in [3.8, 4) is 0 Å². The van der Waals surface area contributed by atoms with Gasteiger partial charge in [0.05, 0.1) is 0 Å². The van der Waals surface area contributed by atoms with Gasteiger partial charge in [0.1, 0.15) is 0 Å². The van der Waals surface area contributed by atoms with Crippen LogP contribution in [0.15, 0.2) is 0 Å². The zero-order valence-electron chi connectivity index (χ0n) is 2.41. The first kappa shape index (κ1) is 107. The van der Waals surface area contributed by atoms with E-state index in [0.29, 0.717) is 0 Å². The molecule has 0 rings (SSSR count). The summed E-state index contributed by atoms with van der Waals surface area (Å²) in [7, 11) is 0. The topological polar surface area (TPSA) is 94.5 Å². The Balaban J connectivity index is 0. The molecule has 0 atom stereocenters. The number of rotatable bonds is 0. The third kappa shape index (κ3) is 34.6. The first-order chi connectivity index (χ1) is 0. The van der Waals surface area contributed by atoms with Crippen molar-refractivity contribution >= 4 is 0 Å². The van der Waals surface area contributed by atoms with Gasteiger partial charge in [-0.3, -0.25) is 0 Å². The molecule has 5 heteroatoms. The molecular weight excluding hydrogens is 280 g/mol. The average molecular weight is 286 g/mol. The fourth-order valence-corrected chi connectivity index (χ4v) is 0. The van der Waals surface area contributed by atoms with E-state index in [4.69, 9.17) is 0 Å². The third-order valence-electron chi connectivity index (χ3n) is 0. The van der Waals surface area contributed by atoms with Gasteiger partial charge in [-0.05, 0) is 0 Å². The Morgan fingerprint density at radius 1 is 0.600 bits per heavy atom. The third-order valence-corrected chi connectivity index (χ3v) is 0. The van der Waals surface area contributed by atoms with Crippen LogP contribution in [-0.2, 0) is 42.8 Å². The molecule has 3 nitrogen and oxygen atoms in total. The summed E-state index contributed by atoms with van der Waals surface area (Å²) in [4.78, 5) is 0. The minimum absolute atomic E-state index is 0. The van der Waals surface area contributed by atoms with E-state index >= 15 is 0 Å². The van der Waals surface area contributed by atoms with Crippen molar-refractivity contribution in [3.05, 3.63) is 0 Å². The van der Waals surface area contributed by atoms with Crippen molar-refractivity contribution in [2.75, 3.05) is 0 Å². The van der Waals surface area contributed by atoms with Crippen molar-refractivity contribution in [2.24, 2.45) is 0 Å². The van der Waals surface area contributed by atoms with Gasteiger partial charge in [-0.1, -0.05) is 0 Å². The van der Waals surface area contributed by atoms with E-state index in [-0.39, 0.29) is 59.2 Å². The standard InChI is InChI=1S/3H2O.Ti.W/h3*1H2;;. The van der Waals surface area contributed by atoms with E-state index in [1.807, 2.05) is 0 Å². The van der Waals surface area contributed by atoms with Gasteiger partial charge < -0.3 is 16.4 Å². The molecule has 0 spiro atoms. The van der Waals surface area contributed by atoms with Gasteiger partial charge in [-0.25, -0.2) is 0 Å². The minimum atomic E-state index is 0. The maximum atomic E-state index is 0. The molecule has 0 aromatic carbocycles. The average Bonchev–Trinajstić information content (AvgIpc) is 0. The zero-order valence-corrected chi connectivity index (χ0v) is 6.90. The molecule has 0 aromatic rings. The SMILES string of the molecule is O.O.O.[Ti].[W]. The first-order valence-corrected chi connectivity index (χ1v) is 0. The largest absolute Gasteiger partial charge is 0.412 e. The van der Waals surface area contributed by atoms with Crippen LogP contribution in [-0.4, -0.2) is 16.4 Å². The van der Waals surface area contributed by atoms with Gasteiger partial charge in [-0.15, -0.1) is 0 Å². The molecule has 0 unspecified atom stereocenters. The maximum Gasteiger partial charge on any atom is 0 e. The van der Waals surface area contributed by atoms with E-state index in [1.165, 1.54) is 0 Å². The van der Waals surface area contributed by atoms with Crippen LogP contribution in [0.5, 0.6) is 0 Å². The Morgan fingerprint density at radius 3 is 0.600 bits per heavy atom. The van der Waals surface area contributed by atoms with Gasteiger partial charge in [0.25, 0.3) is 0 Å². The summed E-state index contributed by atoms with van der Waals surface area (Å²) in [5, 5.41) is 0. The minimum Gasteiger partial charge on any atom is -0.412 e. The molecule has 0 radical (unpaired) electrons. The van der Waals surface area contributed by atoms with Gasteiger partial charge in [-0.2, -0.15) is 0 Å². The molecule has 0 bridgehead atoms. The number of hydrogen-bond acceptors (Lipinski definition) is 0. The van der Waals surface area contributed by atoms with Crippen LogP contribution in [0.1, 0.15) is 0 Å².